The number of hydrogen-bond acceptors (Lipinski definition) is 6. The van der Waals surface area contributed by atoms with Gasteiger partial charge in [0.15, 0.2) is 0 Å². The van der Waals surface area contributed by atoms with Crippen molar-refractivity contribution in [1.82, 2.24) is 20.0 Å². The lowest BCUT2D eigenvalue weighted by molar-refractivity contribution is 0.336. The first-order chi connectivity index (χ1) is 12.3. The number of thioether (sulfide) groups is 1. The molecule has 0 aliphatic carbocycles. The SMILES string of the molecule is CC(C)(C)n1ncc(SCc2nnc(-c3ccccc3F)o2)c(Cl)c1=O. The molecule has 0 amide bonds. The van der Waals surface area contributed by atoms with Gasteiger partial charge in [0.25, 0.3) is 11.4 Å². The van der Waals surface area contributed by atoms with Gasteiger partial charge >= 0.3 is 0 Å². The summed E-state index contributed by atoms with van der Waals surface area (Å²) in [4.78, 5) is 12.9. The minimum absolute atomic E-state index is 0.0915. The van der Waals surface area contributed by atoms with Crippen molar-refractivity contribution in [2.24, 2.45) is 0 Å². The van der Waals surface area contributed by atoms with E-state index >= 15 is 0 Å². The summed E-state index contributed by atoms with van der Waals surface area (Å²) in [6.45, 7) is 5.60. The molecule has 0 unspecified atom stereocenters. The molecule has 26 heavy (non-hydrogen) atoms. The van der Waals surface area contributed by atoms with Crippen molar-refractivity contribution in [1.29, 1.82) is 0 Å². The van der Waals surface area contributed by atoms with Crippen molar-refractivity contribution in [3.05, 3.63) is 57.5 Å². The van der Waals surface area contributed by atoms with Gasteiger partial charge in [0.1, 0.15) is 10.8 Å². The Morgan fingerprint density at radius 2 is 2.00 bits per heavy atom. The summed E-state index contributed by atoms with van der Waals surface area (Å²) in [5.74, 6) is 0.241. The zero-order chi connectivity index (χ0) is 18.9. The molecule has 0 atom stereocenters. The molecule has 9 heteroatoms. The highest BCUT2D eigenvalue weighted by molar-refractivity contribution is 7.98. The van der Waals surface area contributed by atoms with Crippen LogP contribution in [-0.2, 0) is 11.3 Å². The van der Waals surface area contributed by atoms with E-state index in [1.807, 2.05) is 20.8 Å². The molecule has 0 fully saturated rings. The van der Waals surface area contributed by atoms with Gasteiger partial charge in [0, 0.05) is 0 Å². The molecule has 136 valence electrons. The van der Waals surface area contributed by atoms with E-state index in [2.05, 4.69) is 15.3 Å². The predicted octanol–water partition coefficient (Wildman–Crippen LogP) is 4.13. The van der Waals surface area contributed by atoms with Gasteiger partial charge < -0.3 is 4.42 Å². The Labute approximate surface area is 158 Å². The maximum atomic E-state index is 13.8. The molecule has 3 rings (SSSR count). The molecule has 1 aromatic carbocycles. The Morgan fingerprint density at radius 1 is 1.27 bits per heavy atom. The van der Waals surface area contributed by atoms with Gasteiger partial charge in [-0.1, -0.05) is 23.7 Å². The van der Waals surface area contributed by atoms with Crippen LogP contribution in [0.3, 0.4) is 0 Å². The molecule has 2 aromatic heterocycles. The number of rotatable bonds is 4. The van der Waals surface area contributed by atoms with Crippen molar-refractivity contribution in [2.75, 3.05) is 0 Å². The van der Waals surface area contributed by atoms with Gasteiger partial charge in [0.2, 0.25) is 5.89 Å². The first-order valence-electron chi connectivity index (χ1n) is 7.76. The van der Waals surface area contributed by atoms with E-state index in [0.29, 0.717) is 10.8 Å². The first-order valence-corrected chi connectivity index (χ1v) is 9.12. The van der Waals surface area contributed by atoms with E-state index in [1.165, 1.54) is 28.7 Å². The largest absolute Gasteiger partial charge is 0.420 e. The lowest BCUT2D eigenvalue weighted by Gasteiger charge is -2.20. The highest BCUT2D eigenvalue weighted by Crippen LogP contribution is 2.28. The molecule has 0 saturated carbocycles. The number of hydrogen-bond donors (Lipinski definition) is 0. The molecule has 0 aliphatic heterocycles. The Kier molecular flexibility index (Phi) is 5.15. The van der Waals surface area contributed by atoms with Crippen LogP contribution < -0.4 is 5.56 Å². The summed E-state index contributed by atoms with van der Waals surface area (Å²) < 4.78 is 20.6. The third-order valence-corrected chi connectivity index (χ3v) is 4.93. The molecular formula is C17H16ClFN4O2S. The Hall–Kier alpha value is -2.19. The van der Waals surface area contributed by atoms with E-state index in [1.54, 1.807) is 18.2 Å². The lowest BCUT2D eigenvalue weighted by atomic mass is 10.1. The number of nitrogens with zero attached hydrogens (tertiary/aromatic N) is 4. The molecule has 0 aliphatic rings. The summed E-state index contributed by atoms with van der Waals surface area (Å²) in [7, 11) is 0. The fraction of sp³-hybridized carbons (Fsp3) is 0.294. The van der Waals surface area contributed by atoms with Gasteiger partial charge in [-0.3, -0.25) is 4.79 Å². The average Bonchev–Trinajstić information content (AvgIpc) is 3.04. The highest BCUT2D eigenvalue weighted by atomic mass is 35.5. The zero-order valence-electron chi connectivity index (χ0n) is 14.4. The molecule has 3 aromatic rings. The van der Waals surface area contributed by atoms with Crippen LogP contribution in [0.2, 0.25) is 5.02 Å². The van der Waals surface area contributed by atoms with Crippen molar-refractivity contribution in [3.8, 4) is 11.5 Å². The second-order valence-corrected chi connectivity index (χ2v) is 7.88. The van der Waals surface area contributed by atoms with Gasteiger partial charge in [-0.15, -0.1) is 22.0 Å². The van der Waals surface area contributed by atoms with E-state index in [9.17, 15) is 9.18 Å². The molecule has 0 saturated heterocycles. The number of halogens is 2. The van der Waals surface area contributed by atoms with Crippen molar-refractivity contribution in [2.45, 2.75) is 37.0 Å². The van der Waals surface area contributed by atoms with Gasteiger partial charge in [-0.2, -0.15) is 5.10 Å². The lowest BCUT2D eigenvalue weighted by Crippen LogP contribution is -2.36. The topological polar surface area (TPSA) is 73.8 Å². The van der Waals surface area contributed by atoms with E-state index < -0.39 is 11.4 Å². The van der Waals surface area contributed by atoms with Crippen molar-refractivity contribution < 1.29 is 8.81 Å². The van der Waals surface area contributed by atoms with Crippen LogP contribution in [0.5, 0.6) is 0 Å². The average molecular weight is 395 g/mol. The Balaban J connectivity index is 1.78. The second kappa shape index (κ2) is 7.20. The smallest absolute Gasteiger partial charge is 0.287 e. The van der Waals surface area contributed by atoms with E-state index in [4.69, 9.17) is 16.0 Å². The minimum atomic E-state index is -0.467. The van der Waals surface area contributed by atoms with Crippen LogP contribution in [-0.4, -0.2) is 20.0 Å². The minimum Gasteiger partial charge on any atom is -0.420 e. The van der Waals surface area contributed by atoms with Crippen LogP contribution in [0.15, 0.2) is 44.6 Å². The van der Waals surface area contributed by atoms with Gasteiger partial charge in [-0.05, 0) is 32.9 Å². The molecule has 0 bridgehead atoms. The molecule has 0 radical (unpaired) electrons. The monoisotopic (exact) mass is 394 g/mol. The number of benzene rings is 1. The van der Waals surface area contributed by atoms with E-state index in [0.717, 1.165) is 0 Å². The Bertz CT molecular complexity index is 997. The Morgan fingerprint density at radius 3 is 2.69 bits per heavy atom. The third-order valence-electron chi connectivity index (χ3n) is 3.44. The van der Waals surface area contributed by atoms with Crippen LogP contribution in [0, 0.1) is 5.82 Å². The predicted molar refractivity (Wildman–Crippen MR) is 97.8 cm³/mol. The summed E-state index contributed by atoms with van der Waals surface area (Å²) >= 11 is 7.43. The zero-order valence-corrected chi connectivity index (χ0v) is 15.9. The third kappa shape index (κ3) is 3.81. The normalized spacial score (nSPS) is 11.7. The van der Waals surface area contributed by atoms with Gasteiger partial charge in [0.05, 0.1) is 27.9 Å². The molecule has 0 spiro atoms. The highest BCUT2D eigenvalue weighted by Gasteiger charge is 2.20. The fourth-order valence-electron chi connectivity index (χ4n) is 2.19. The molecule has 2 heterocycles. The summed E-state index contributed by atoms with van der Waals surface area (Å²) in [6.07, 6.45) is 1.54. The van der Waals surface area contributed by atoms with Crippen molar-refractivity contribution >= 4 is 23.4 Å². The number of aromatic nitrogens is 4. The summed E-state index contributed by atoms with van der Waals surface area (Å²) in [6, 6.07) is 6.16. The fourth-order valence-corrected chi connectivity index (χ4v) is 3.21. The van der Waals surface area contributed by atoms with Crippen LogP contribution in [0.4, 0.5) is 4.39 Å². The van der Waals surface area contributed by atoms with Gasteiger partial charge in [-0.25, -0.2) is 9.07 Å². The van der Waals surface area contributed by atoms with Crippen molar-refractivity contribution in [3.63, 3.8) is 0 Å². The quantitative estimate of drug-likeness (QED) is 0.619. The first kappa shape index (κ1) is 18.6. The van der Waals surface area contributed by atoms with E-state index in [-0.39, 0.29) is 27.8 Å². The maximum absolute atomic E-state index is 13.8. The van der Waals surface area contributed by atoms with Crippen LogP contribution >= 0.6 is 23.4 Å². The van der Waals surface area contributed by atoms with Crippen LogP contribution in [0.25, 0.3) is 11.5 Å². The maximum Gasteiger partial charge on any atom is 0.287 e. The summed E-state index contributed by atoms with van der Waals surface area (Å²) in [5, 5.41) is 12.0. The van der Waals surface area contributed by atoms with Crippen LogP contribution in [0.1, 0.15) is 26.7 Å². The molecule has 6 nitrogen and oxygen atoms in total. The summed E-state index contributed by atoms with van der Waals surface area (Å²) in [5.41, 5.74) is -0.587. The second-order valence-electron chi connectivity index (χ2n) is 6.48. The standard InChI is InChI=1S/C17H16ClFN4O2S/c1-17(2,3)23-16(24)14(18)12(8-20-23)26-9-13-21-22-15(25-13)10-6-4-5-7-11(10)19/h4-8H,9H2,1-3H3. The molecule has 0 N–H and O–H groups in total. The molecular weight excluding hydrogens is 379 g/mol.